The van der Waals surface area contributed by atoms with E-state index in [1.807, 2.05) is 32.0 Å². The fraction of sp³-hybridized carbons (Fsp3) is 0.500. The van der Waals surface area contributed by atoms with Gasteiger partial charge in [-0.1, -0.05) is 0 Å². The first-order valence-electron chi connectivity index (χ1n) is 8.53. The highest BCUT2D eigenvalue weighted by Crippen LogP contribution is 2.30. The molecule has 0 aliphatic carbocycles. The molecule has 0 spiro atoms. The van der Waals surface area contributed by atoms with Crippen LogP contribution in [0, 0.1) is 6.92 Å². The van der Waals surface area contributed by atoms with Gasteiger partial charge >= 0.3 is 0 Å². The second-order valence-corrected chi connectivity index (χ2v) is 6.60. The Kier molecular flexibility index (Phi) is 4.68. The normalized spacial score (nSPS) is 21.5. The molecular weight excluding hydrogens is 290 g/mol. The Morgan fingerprint density at radius 3 is 2.65 bits per heavy atom. The SMILES string of the molecule is CCOc1ccc2[nH+]c(C)c(C[NH+]3CC[NH+](C)CC3)c(O)c2c1. The van der Waals surface area contributed by atoms with Gasteiger partial charge in [0.1, 0.15) is 49.8 Å². The van der Waals surface area contributed by atoms with Gasteiger partial charge in [0.25, 0.3) is 0 Å². The molecule has 1 fully saturated rings. The van der Waals surface area contributed by atoms with Crippen LogP contribution in [0.5, 0.6) is 11.5 Å². The van der Waals surface area contributed by atoms with Gasteiger partial charge in [-0.2, -0.15) is 0 Å². The zero-order valence-electron chi connectivity index (χ0n) is 14.3. The second-order valence-electron chi connectivity index (χ2n) is 6.60. The number of piperazine rings is 1. The fourth-order valence-corrected chi connectivity index (χ4v) is 3.38. The number of aromatic nitrogens is 1. The van der Waals surface area contributed by atoms with Crippen molar-refractivity contribution in [2.45, 2.75) is 20.4 Å². The van der Waals surface area contributed by atoms with E-state index in [9.17, 15) is 5.11 Å². The predicted octanol–water partition coefficient (Wildman–Crippen LogP) is -1.02. The number of benzene rings is 1. The smallest absolute Gasteiger partial charge is 0.215 e. The van der Waals surface area contributed by atoms with E-state index < -0.39 is 0 Å². The maximum absolute atomic E-state index is 10.8. The second kappa shape index (κ2) is 6.72. The van der Waals surface area contributed by atoms with Crippen LogP contribution in [0.2, 0.25) is 0 Å². The largest absolute Gasteiger partial charge is 0.506 e. The lowest BCUT2D eigenvalue weighted by Crippen LogP contribution is -3.26. The summed E-state index contributed by atoms with van der Waals surface area (Å²) in [6.07, 6.45) is 0. The van der Waals surface area contributed by atoms with Gasteiger partial charge in [0, 0.05) is 13.0 Å². The average molecular weight is 318 g/mol. The fourth-order valence-electron chi connectivity index (χ4n) is 3.38. The van der Waals surface area contributed by atoms with Crippen LogP contribution in [0.1, 0.15) is 18.2 Å². The molecule has 124 valence electrons. The Balaban J connectivity index is 1.92. The highest BCUT2D eigenvalue weighted by atomic mass is 16.5. The monoisotopic (exact) mass is 318 g/mol. The molecule has 1 aromatic heterocycles. The van der Waals surface area contributed by atoms with Gasteiger partial charge in [-0.05, 0) is 19.1 Å². The maximum Gasteiger partial charge on any atom is 0.215 e. The molecule has 4 N–H and O–H groups in total. The molecule has 3 rings (SSSR count). The van der Waals surface area contributed by atoms with Gasteiger partial charge in [-0.25, -0.2) is 4.98 Å². The summed E-state index contributed by atoms with van der Waals surface area (Å²) in [5, 5.41) is 11.7. The number of fused-ring (bicyclic) bond motifs is 1. The molecule has 0 unspecified atom stereocenters. The summed E-state index contributed by atoms with van der Waals surface area (Å²) in [7, 11) is 2.25. The van der Waals surface area contributed by atoms with Crippen molar-refractivity contribution in [3.05, 3.63) is 29.5 Å². The summed E-state index contributed by atoms with van der Waals surface area (Å²) < 4.78 is 5.57. The summed E-state index contributed by atoms with van der Waals surface area (Å²) in [6.45, 7) is 10.2. The molecule has 1 aromatic carbocycles. The van der Waals surface area contributed by atoms with Gasteiger partial charge < -0.3 is 19.6 Å². The zero-order chi connectivity index (χ0) is 16.4. The molecule has 1 aliphatic rings. The van der Waals surface area contributed by atoms with Gasteiger partial charge in [-0.3, -0.25) is 0 Å². The number of rotatable bonds is 4. The predicted molar refractivity (Wildman–Crippen MR) is 89.1 cm³/mol. The first-order chi connectivity index (χ1) is 11.1. The summed E-state index contributed by atoms with van der Waals surface area (Å²) in [6, 6.07) is 5.84. The topological polar surface area (TPSA) is 52.5 Å². The molecule has 0 saturated carbocycles. The van der Waals surface area contributed by atoms with Gasteiger partial charge in [0.2, 0.25) is 5.52 Å². The van der Waals surface area contributed by atoms with Crippen LogP contribution in [-0.4, -0.2) is 44.9 Å². The lowest BCUT2D eigenvalue weighted by molar-refractivity contribution is -1.01. The van der Waals surface area contributed by atoms with Crippen LogP contribution in [0.25, 0.3) is 10.9 Å². The number of aryl methyl sites for hydroxylation is 1. The van der Waals surface area contributed by atoms with Gasteiger partial charge in [-0.15, -0.1) is 0 Å². The van der Waals surface area contributed by atoms with Crippen LogP contribution in [0.3, 0.4) is 0 Å². The number of H-pyrrole nitrogens is 1. The Morgan fingerprint density at radius 1 is 1.22 bits per heavy atom. The van der Waals surface area contributed by atoms with Crippen molar-refractivity contribution in [1.29, 1.82) is 0 Å². The van der Waals surface area contributed by atoms with Crippen molar-refractivity contribution in [1.82, 2.24) is 0 Å². The average Bonchev–Trinajstić information content (AvgIpc) is 2.54. The highest BCUT2D eigenvalue weighted by Gasteiger charge is 2.25. The minimum Gasteiger partial charge on any atom is -0.506 e. The summed E-state index contributed by atoms with van der Waals surface area (Å²) in [5.74, 6) is 1.20. The van der Waals surface area contributed by atoms with Crippen molar-refractivity contribution in [2.75, 3.05) is 39.8 Å². The number of quaternary nitrogens is 2. The molecule has 1 aliphatic heterocycles. The number of ether oxygens (including phenoxy) is 1. The zero-order valence-corrected chi connectivity index (χ0v) is 14.3. The van der Waals surface area contributed by atoms with E-state index in [1.165, 1.54) is 13.1 Å². The molecule has 0 bridgehead atoms. The van der Waals surface area contributed by atoms with Crippen LogP contribution in [-0.2, 0) is 6.54 Å². The minimum absolute atomic E-state index is 0.400. The quantitative estimate of drug-likeness (QED) is 0.676. The maximum atomic E-state index is 10.8. The van der Waals surface area contributed by atoms with Gasteiger partial charge in [0.15, 0.2) is 5.69 Å². The molecule has 2 heterocycles. The van der Waals surface area contributed by atoms with Crippen molar-refractivity contribution in [3.63, 3.8) is 0 Å². The summed E-state index contributed by atoms with van der Waals surface area (Å²) in [5.41, 5.74) is 3.03. The number of hydrogen-bond donors (Lipinski definition) is 3. The third-order valence-corrected chi connectivity index (χ3v) is 4.86. The van der Waals surface area contributed by atoms with E-state index in [2.05, 4.69) is 12.0 Å². The van der Waals surface area contributed by atoms with Crippen molar-refractivity contribution in [3.8, 4) is 11.5 Å². The number of aromatic hydroxyl groups is 1. The molecule has 0 radical (unpaired) electrons. The van der Waals surface area contributed by atoms with E-state index in [0.717, 1.165) is 47.5 Å². The first-order valence-corrected chi connectivity index (χ1v) is 8.53. The molecule has 0 amide bonds. The van der Waals surface area contributed by atoms with E-state index in [1.54, 1.807) is 9.80 Å². The molecule has 0 atom stereocenters. The Bertz CT molecular complexity index is 694. The first kappa shape index (κ1) is 16.0. The molecule has 2 aromatic rings. The number of nitrogens with one attached hydrogen (secondary N) is 3. The molecule has 5 nitrogen and oxygen atoms in total. The highest BCUT2D eigenvalue weighted by molar-refractivity contribution is 5.84. The number of aromatic amines is 1. The number of pyridine rings is 1. The van der Waals surface area contributed by atoms with Crippen LogP contribution in [0.4, 0.5) is 0 Å². The molecular formula is C18H28N3O2+3. The van der Waals surface area contributed by atoms with Crippen molar-refractivity contribution < 1.29 is 24.6 Å². The molecule has 5 heteroatoms. The van der Waals surface area contributed by atoms with Crippen LogP contribution >= 0.6 is 0 Å². The van der Waals surface area contributed by atoms with Crippen molar-refractivity contribution >= 4 is 10.9 Å². The van der Waals surface area contributed by atoms with E-state index in [0.29, 0.717) is 12.4 Å². The number of likely N-dealkylation sites (N-methyl/N-ethyl adjacent to an activating group) is 1. The Morgan fingerprint density at radius 2 is 1.96 bits per heavy atom. The lowest BCUT2D eigenvalue weighted by Gasteiger charge is -2.27. The summed E-state index contributed by atoms with van der Waals surface area (Å²) in [4.78, 5) is 6.58. The van der Waals surface area contributed by atoms with Crippen molar-refractivity contribution in [2.24, 2.45) is 0 Å². The third-order valence-electron chi connectivity index (χ3n) is 4.86. The minimum atomic E-state index is 0.400. The number of hydrogen-bond acceptors (Lipinski definition) is 2. The van der Waals surface area contributed by atoms with E-state index >= 15 is 0 Å². The van der Waals surface area contributed by atoms with E-state index in [4.69, 9.17) is 4.74 Å². The third kappa shape index (κ3) is 3.41. The van der Waals surface area contributed by atoms with Crippen LogP contribution < -0.4 is 19.5 Å². The molecule has 23 heavy (non-hydrogen) atoms. The lowest BCUT2D eigenvalue weighted by atomic mass is 10.1. The standard InChI is InChI=1S/C18H25N3O2/c1-4-23-14-5-6-17-15(11-14)18(22)16(13(2)19-17)12-21-9-7-20(3)8-10-21/h5-6,11H,4,7-10,12H2,1-3H3,(H,19,22)/p+3. The van der Waals surface area contributed by atoms with Crippen LogP contribution in [0.15, 0.2) is 18.2 Å². The summed E-state index contributed by atoms with van der Waals surface area (Å²) >= 11 is 0. The van der Waals surface area contributed by atoms with Gasteiger partial charge in [0.05, 0.1) is 19.0 Å². The Labute approximate surface area is 137 Å². The van der Waals surface area contributed by atoms with E-state index in [-0.39, 0.29) is 0 Å². The Hall–Kier alpha value is -1.85. The molecule has 1 saturated heterocycles.